The maximum absolute atomic E-state index is 9.41. The van der Waals surface area contributed by atoms with E-state index in [1.165, 1.54) is 0 Å². The number of hydrogen-bond donors (Lipinski definition) is 1. The van der Waals surface area contributed by atoms with Crippen LogP contribution in [0.5, 0.6) is 0 Å². The van der Waals surface area contributed by atoms with Crippen molar-refractivity contribution in [3.05, 3.63) is 42.5 Å². The summed E-state index contributed by atoms with van der Waals surface area (Å²) in [5.74, 6) is 0. The summed E-state index contributed by atoms with van der Waals surface area (Å²) in [6.07, 6.45) is -0.376. The summed E-state index contributed by atoms with van der Waals surface area (Å²) in [5, 5.41) is 9.41. The third-order valence-electron chi connectivity index (χ3n) is 3.31. The molecule has 2 aliphatic heterocycles. The molecule has 0 radical (unpaired) electrons. The minimum atomic E-state index is -0.695. The average molecular weight is 473 g/mol. The Morgan fingerprint density at radius 3 is 2.78 bits per heavy atom. The first-order chi connectivity index (χ1) is 8.34. The largest absolute Gasteiger partial charge is 2.00 e. The molecule has 0 saturated carbocycles. The van der Waals surface area contributed by atoms with Crippen LogP contribution in [0, 0.1) is 37.7 Å². The predicted octanol–water partition coefficient (Wildman–Crippen LogP) is 0.894. The van der Waals surface area contributed by atoms with Crippen molar-refractivity contribution in [2.45, 2.75) is 24.4 Å². The molecular weight excluding hydrogens is 458 g/mol. The third-order valence-corrected chi connectivity index (χ3v) is 3.31. The molecule has 2 heterocycles. The van der Waals surface area contributed by atoms with Gasteiger partial charge in [0.15, 0.2) is 0 Å². The number of hydrogen-bond acceptors (Lipinski definition) is 4. The summed E-state index contributed by atoms with van der Waals surface area (Å²) >= 11 is 0. The number of fused-ring (bicyclic) bond motifs is 2. The molecule has 2 saturated heterocycles. The fourth-order valence-corrected chi connectivity index (χ4v) is 2.30. The number of ether oxygens (including phenoxy) is 3. The summed E-state index contributed by atoms with van der Waals surface area (Å²) in [6.45, 7) is 2.43. The second kappa shape index (κ2) is 6.04. The van der Waals surface area contributed by atoms with E-state index >= 15 is 0 Å². The molecule has 2 fully saturated rings. The van der Waals surface area contributed by atoms with E-state index < -0.39 is 5.60 Å². The Kier molecular flexibility index (Phi) is 4.87. The molecule has 1 aromatic rings. The van der Waals surface area contributed by atoms with Gasteiger partial charge in [-0.2, -0.15) is 6.61 Å². The molecule has 2 bridgehead atoms. The van der Waals surface area contributed by atoms with E-state index in [4.69, 9.17) is 14.2 Å². The summed E-state index contributed by atoms with van der Waals surface area (Å²) in [5.41, 5.74) is 0.409. The minimum absolute atomic E-state index is 0. The maximum Gasteiger partial charge on any atom is 2.00 e. The Balaban J connectivity index is 0.00000120. The molecule has 0 amide bonds. The molecule has 5 heteroatoms. The summed E-state index contributed by atoms with van der Waals surface area (Å²) < 4.78 is 16.8. The Morgan fingerprint density at radius 1 is 1.39 bits per heavy atom. The van der Waals surface area contributed by atoms with Gasteiger partial charge in [0.1, 0.15) is 5.60 Å². The van der Waals surface area contributed by atoms with Crippen LogP contribution in [0.3, 0.4) is 0 Å². The third kappa shape index (κ3) is 2.53. The molecule has 0 aromatic heterocycles. The van der Waals surface area contributed by atoms with Crippen LogP contribution in [0.4, 0.5) is 0 Å². The molecule has 4 nitrogen and oxygen atoms in total. The van der Waals surface area contributed by atoms with Gasteiger partial charge in [-0.05, 0) is 11.7 Å². The maximum atomic E-state index is 9.41. The first kappa shape index (κ1) is 14.5. The molecule has 1 N–H and O–H groups in total. The molecule has 18 heavy (non-hydrogen) atoms. The Bertz CT molecular complexity index is 376. The van der Waals surface area contributed by atoms with Crippen LogP contribution >= 0.6 is 0 Å². The number of benzene rings is 1. The predicted molar refractivity (Wildman–Crippen MR) is 60.0 cm³/mol. The van der Waals surface area contributed by atoms with Gasteiger partial charge in [-0.15, -0.1) is 0 Å². The standard InChI is InChI=1S/C13H15O4.U/c14-8-13-9-16-11(7-17-13)12(13)15-6-10-4-2-1-3-5-10;/h1-5,7,11-12,14H,6,8-9H2;/q-1;+2. The normalized spacial score (nSPS) is 33.4. The Labute approximate surface area is 130 Å². The van der Waals surface area contributed by atoms with Crippen LogP contribution < -0.4 is 0 Å². The van der Waals surface area contributed by atoms with Crippen LogP contribution in [-0.4, -0.2) is 36.1 Å². The topological polar surface area (TPSA) is 47.9 Å². The zero-order valence-electron chi connectivity index (χ0n) is 9.91. The smallest absolute Gasteiger partial charge is 0.540 e. The second-order valence-electron chi connectivity index (χ2n) is 4.47. The van der Waals surface area contributed by atoms with E-state index in [1.54, 1.807) is 6.61 Å². The molecule has 1 aromatic carbocycles. The van der Waals surface area contributed by atoms with Gasteiger partial charge in [-0.1, -0.05) is 30.3 Å². The van der Waals surface area contributed by atoms with Gasteiger partial charge in [0.05, 0.1) is 25.9 Å². The number of aliphatic hydroxyl groups excluding tert-OH is 1. The van der Waals surface area contributed by atoms with Crippen molar-refractivity contribution in [1.82, 2.24) is 0 Å². The van der Waals surface area contributed by atoms with Crippen LogP contribution in [0.2, 0.25) is 0 Å². The van der Waals surface area contributed by atoms with Crippen LogP contribution in [0.15, 0.2) is 30.3 Å². The van der Waals surface area contributed by atoms with Gasteiger partial charge in [-0.25, -0.2) is 0 Å². The van der Waals surface area contributed by atoms with Crippen molar-refractivity contribution in [3.8, 4) is 0 Å². The SMILES string of the molecule is OCC12COC([CH-]O1)C2OCc1ccccc1.[U+2]. The van der Waals surface area contributed by atoms with Crippen molar-refractivity contribution < 1.29 is 50.4 Å². The monoisotopic (exact) mass is 473 g/mol. The van der Waals surface area contributed by atoms with Gasteiger partial charge in [-0.3, -0.25) is 0 Å². The van der Waals surface area contributed by atoms with Crippen molar-refractivity contribution in [3.63, 3.8) is 0 Å². The first-order valence-electron chi connectivity index (χ1n) is 5.73. The van der Waals surface area contributed by atoms with Gasteiger partial charge < -0.3 is 19.3 Å². The van der Waals surface area contributed by atoms with Crippen molar-refractivity contribution in [1.29, 1.82) is 0 Å². The van der Waals surface area contributed by atoms with Gasteiger partial charge in [0.2, 0.25) is 0 Å². The van der Waals surface area contributed by atoms with E-state index in [9.17, 15) is 5.11 Å². The Hall–Kier alpha value is 0.112. The first-order valence-corrected chi connectivity index (χ1v) is 5.73. The summed E-state index contributed by atoms with van der Waals surface area (Å²) in [7, 11) is 0. The molecule has 3 atom stereocenters. The molecule has 0 spiro atoms. The van der Waals surface area contributed by atoms with Crippen molar-refractivity contribution >= 4 is 0 Å². The van der Waals surface area contributed by atoms with E-state index in [0.717, 1.165) is 5.56 Å². The zero-order valence-corrected chi connectivity index (χ0v) is 14.1. The van der Waals surface area contributed by atoms with E-state index in [0.29, 0.717) is 13.2 Å². The van der Waals surface area contributed by atoms with Gasteiger partial charge in [0.25, 0.3) is 0 Å². The van der Waals surface area contributed by atoms with Crippen LogP contribution in [-0.2, 0) is 20.8 Å². The number of rotatable bonds is 4. The summed E-state index contributed by atoms with van der Waals surface area (Å²) in [6, 6.07) is 9.94. The van der Waals surface area contributed by atoms with Crippen LogP contribution in [0.25, 0.3) is 0 Å². The molecule has 0 aliphatic carbocycles. The quantitative estimate of drug-likeness (QED) is 0.661. The van der Waals surface area contributed by atoms with E-state index in [2.05, 4.69) is 0 Å². The molecular formula is C13H15O4U+. The van der Waals surface area contributed by atoms with E-state index in [1.807, 2.05) is 30.3 Å². The molecule has 2 aliphatic rings. The number of aliphatic hydroxyl groups is 1. The van der Waals surface area contributed by atoms with Crippen molar-refractivity contribution in [2.75, 3.05) is 13.2 Å². The average Bonchev–Trinajstić information content (AvgIpc) is 2.92. The van der Waals surface area contributed by atoms with Crippen LogP contribution in [0.1, 0.15) is 5.56 Å². The minimum Gasteiger partial charge on any atom is -0.540 e. The van der Waals surface area contributed by atoms with E-state index in [-0.39, 0.29) is 49.9 Å². The molecule has 94 valence electrons. The molecule has 3 unspecified atom stereocenters. The fourth-order valence-electron chi connectivity index (χ4n) is 2.30. The fraction of sp³-hybridized carbons (Fsp3) is 0.462. The van der Waals surface area contributed by atoms with Gasteiger partial charge >= 0.3 is 31.1 Å². The zero-order chi connectivity index (χ0) is 11.7. The van der Waals surface area contributed by atoms with Gasteiger partial charge in [0, 0.05) is 0 Å². The second-order valence-corrected chi connectivity index (χ2v) is 4.47. The van der Waals surface area contributed by atoms with Crippen molar-refractivity contribution in [2.24, 2.45) is 0 Å². The summed E-state index contributed by atoms with van der Waals surface area (Å²) in [4.78, 5) is 0. The molecule has 3 rings (SSSR count). The Morgan fingerprint density at radius 2 is 2.17 bits per heavy atom.